The summed E-state index contributed by atoms with van der Waals surface area (Å²) >= 11 is 1.71. The molecule has 1 aromatic carbocycles. The monoisotopic (exact) mass is 280 g/mol. The maximum absolute atomic E-state index is 12.1. The second-order valence-electron chi connectivity index (χ2n) is 5.03. The van der Waals surface area contributed by atoms with Crippen molar-refractivity contribution in [2.45, 2.75) is 32.4 Å². The lowest BCUT2D eigenvalue weighted by Gasteiger charge is -2.24. The first-order valence-electron chi connectivity index (χ1n) is 6.66. The van der Waals surface area contributed by atoms with Gasteiger partial charge in [-0.1, -0.05) is 44.2 Å². The lowest BCUT2D eigenvalue weighted by Crippen LogP contribution is -2.43. The summed E-state index contributed by atoms with van der Waals surface area (Å²) in [5.74, 6) is 1.18. The average Bonchev–Trinajstić information content (AvgIpc) is 2.42. The van der Waals surface area contributed by atoms with Crippen LogP contribution in [0.4, 0.5) is 0 Å². The smallest absolute Gasteiger partial charge is 0.237 e. The summed E-state index contributed by atoms with van der Waals surface area (Å²) in [5, 5.41) is 3.07. The molecular formula is C15H24N2OS. The van der Waals surface area contributed by atoms with E-state index < -0.39 is 6.04 Å². The van der Waals surface area contributed by atoms with Crippen LogP contribution in [0.2, 0.25) is 0 Å². The first-order valence-corrected chi connectivity index (χ1v) is 8.05. The molecule has 0 bridgehead atoms. The van der Waals surface area contributed by atoms with E-state index in [2.05, 4.69) is 19.2 Å². The van der Waals surface area contributed by atoms with Gasteiger partial charge in [0.25, 0.3) is 0 Å². The molecule has 0 spiro atoms. The fraction of sp³-hybridized carbons (Fsp3) is 0.533. The Labute approximate surface area is 120 Å². The summed E-state index contributed by atoms with van der Waals surface area (Å²) < 4.78 is 0. The summed E-state index contributed by atoms with van der Waals surface area (Å²) in [6.07, 6.45) is 2.73. The van der Waals surface area contributed by atoms with Crippen molar-refractivity contribution in [1.82, 2.24) is 5.32 Å². The highest BCUT2D eigenvalue weighted by Gasteiger charge is 2.21. The fourth-order valence-corrected chi connectivity index (χ4v) is 2.42. The van der Waals surface area contributed by atoms with Gasteiger partial charge in [-0.25, -0.2) is 0 Å². The first kappa shape index (κ1) is 16.1. The van der Waals surface area contributed by atoms with Crippen LogP contribution in [0.3, 0.4) is 0 Å². The molecule has 3 nitrogen and oxygen atoms in total. The SMILES string of the molecule is CSCC[C@H](N)C(=O)NC(c1ccccc1)C(C)C. The molecule has 0 aliphatic carbocycles. The Morgan fingerprint density at radius 1 is 1.32 bits per heavy atom. The lowest BCUT2D eigenvalue weighted by molar-refractivity contribution is -0.123. The van der Waals surface area contributed by atoms with Crippen molar-refractivity contribution in [3.05, 3.63) is 35.9 Å². The van der Waals surface area contributed by atoms with Gasteiger partial charge in [-0.05, 0) is 29.9 Å². The van der Waals surface area contributed by atoms with Crippen LogP contribution in [0.25, 0.3) is 0 Å². The molecule has 1 unspecified atom stereocenters. The molecular weight excluding hydrogens is 256 g/mol. The van der Waals surface area contributed by atoms with Gasteiger partial charge in [-0.2, -0.15) is 11.8 Å². The summed E-state index contributed by atoms with van der Waals surface area (Å²) in [7, 11) is 0. The van der Waals surface area contributed by atoms with Gasteiger partial charge in [0.05, 0.1) is 12.1 Å². The van der Waals surface area contributed by atoms with E-state index in [1.165, 1.54) is 0 Å². The van der Waals surface area contributed by atoms with Crippen LogP contribution in [-0.2, 0) is 4.79 Å². The normalized spacial score (nSPS) is 14.2. The Balaban J connectivity index is 2.67. The summed E-state index contributed by atoms with van der Waals surface area (Å²) in [4.78, 5) is 12.1. The second kappa shape index (κ2) is 8.23. The van der Waals surface area contributed by atoms with Gasteiger partial charge >= 0.3 is 0 Å². The minimum Gasteiger partial charge on any atom is -0.348 e. The molecule has 2 atom stereocenters. The van der Waals surface area contributed by atoms with Crippen molar-refractivity contribution in [3.63, 3.8) is 0 Å². The fourth-order valence-electron chi connectivity index (χ4n) is 1.93. The average molecular weight is 280 g/mol. The topological polar surface area (TPSA) is 55.1 Å². The third-order valence-electron chi connectivity index (χ3n) is 3.09. The Hall–Kier alpha value is -1.00. The van der Waals surface area contributed by atoms with Gasteiger partial charge in [0.1, 0.15) is 0 Å². The number of hydrogen-bond acceptors (Lipinski definition) is 3. The molecule has 0 aliphatic rings. The minimum atomic E-state index is -0.419. The van der Waals surface area contributed by atoms with E-state index in [-0.39, 0.29) is 11.9 Å². The van der Waals surface area contributed by atoms with Crippen LogP contribution >= 0.6 is 11.8 Å². The summed E-state index contributed by atoms with van der Waals surface area (Å²) in [5.41, 5.74) is 7.03. The van der Waals surface area contributed by atoms with Crippen LogP contribution in [0.15, 0.2) is 30.3 Å². The third kappa shape index (κ3) is 5.25. The summed E-state index contributed by atoms with van der Waals surface area (Å²) in [6, 6.07) is 9.64. The maximum atomic E-state index is 12.1. The van der Waals surface area contributed by atoms with Gasteiger partial charge in [0.2, 0.25) is 5.91 Å². The maximum Gasteiger partial charge on any atom is 0.237 e. The third-order valence-corrected chi connectivity index (χ3v) is 3.74. The molecule has 1 rings (SSSR count). The van der Waals surface area contributed by atoms with Crippen LogP contribution in [-0.4, -0.2) is 24.0 Å². The zero-order valence-corrected chi connectivity index (χ0v) is 12.7. The largest absolute Gasteiger partial charge is 0.348 e. The Morgan fingerprint density at radius 2 is 1.95 bits per heavy atom. The number of amides is 1. The molecule has 0 aliphatic heterocycles. The number of carbonyl (C=O) groups is 1. The quantitative estimate of drug-likeness (QED) is 0.807. The Morgan fingerprint density at radius 3 is 2.47 bits per heavy atom. The van der Waals surface area contributed by atoms with E-state index in [1.807, 2.05) is 36.6 Å². The molecule has 0 saturated heterocycles. The molecule has 0 saturated carbocycles. The van der Waals surface area contributed by atoms with E-state index in [9.17, 15) is 4.79 Å². The van der Waals surface area contributed by atoms with Crippen molar-refractivity contribution in [2.24, 2.45) is 11.7 Å². The molecule has 1 aromatic rings. The van der Waals surface area contributed by atoms with Crippen LogP contribution in [0.1, 0.15) is 31.9 Å². The highest BCUT2D eigenvalue weighted by atomic mass is 32.2. The second-order valence-corrected chi connectivity index (χ2v) is 6.01. The summed E-state index contributed by atoms with van der Waals surface area (Å²) in [6.45, 7) is 4.21. The molecule has 0 radical (unpaired) electrons. The van der Waals surface area contributed by atoms with Crippen molar-refractivity contribution < 1.29 is 4.79 Å². The van der Waals surface area contributed by atoms with E-state index in [0.29, 0.717) is 12.3 Å². The standard InChI is InChI=1S/C15H24N2OS/c1-11(2)14(12-7-5-4-6-8-12)17-15(18)13(16)9-10-19-3/h4-8,11,13-14H,9-10,16H2,1-3H3,(H,17,18)/t13-,14?/m0/s1. The van der Waals surface area contributed by atoms with Gasteiger partial charge in [0, 0.05) is 0 Å². The Kier molecular flexibility index (Phi) is 6.95. The van der Waals surface area contributed by atoms with Gasteiger partial charge in [-0.3, -0.25) is 4.79 Å². The molecule has 0 heterocycles. The molecule has 1 amide bonds. The molecule has 0 aromatic heterocycles. The van der Waals surface area contributed by atoms with Gasteiger partial charge in [0.15, 0.2) is 0 Å². The number of rotatable bonds is 7. The zero-order chi connectivity index (χ0) is 14.3. The number of thioether (sulfide) groups is 1. The van der Waals surface area contributed by atoms with Gasteiger partial charge in [-0.15, -0.1) is 0 Å². The predicted octanol–water partition coefficient (Wildman–Crippen LogP) is 2.58. The lowest BCUT2D eigenvalue weighted by atomic mass is 9.95. The Bertz CT molecular complexity index is 381. The van der Waals surface area contributed by atoms with E-state index in [0.717, 1.165) is 11.3 Å². The van der Waals surface area contributed by atoms with Gasteiger partial charge < -0.3 is 11.1 Å². The molecule has 19 heavy (non-hydrogen) atoms. The van der Waals surface area contributed by atoms with E-state index >= 15 is 0 Å². The number of carbonyl (C=O) groups excluding carboxylic acids is 1. The van der Waals surface area contributed by atoms with Crippen molar-refractivity contribution >= 4 is 17.7 Å². The molecule has 4 heteroatoms. The number of nitrogens with two attached hydrogens (primary N) is 1. The zero-order valence-electron chi connectivity index (χ0n) is 11.9. The number of benzene rings is 1. The highest BCUT2D eigenvalue weighted by Crippen LogP contribution is 2.21. The van der Waals surface area contributed by atoms with Crippen molar-refractivity contribution in [1.29, 1.82) is 0 Å². The van der Waals surface area contributed by atoms with Crippen LogP contribution in [0, 0.1) is 5.92 Å². The van der Waals surface area contributed by atoms with Crippen molar-refractivity contribution in [3.8, 4) is 0 Å². The molecule has 0 fully saturated rings. The molecule has 106 valence electrons. The van der Waals surface area contributed by atoms with E-state index in [1.54, 1.807) is 11.8 Å². The number of hydrogen-bond donors (Lipinski definition) is 2. The van der Waals surface area contributed by atoms with Crippen LogP contribution in [0.5, 0.6) is 0 Å². The predicted molar refractivity (Wildman–Crippen MR) is 83.1 cm³/mol. The minimum absolute atomic E-state index is 0.0222. The van der Waals surface area contributed by atoms with Crippen LogP contribution < -0.4 is 11.1 Å². The highest BCUT2D eigenvalue weighted by molar-refractivity contribution is 7.98. The van der Waals surface area contributed by atoms with E-state index in [4.69, 9.17) is 5.73 Å². The number of nitrogens with one attached hydrogen (secondary N) is 1. The first-order chi connectivity index (χ1) is 9.06. The van der Waals surface area contributed by atoms with Crippen molar-refractivity contribution in [2.75, 3.05) is 12.0 Å². The molecule has 3 N–H and O–H groups in total.